The van der Waals surface area contributed by atoms with E-state index in [1.54, 1.807) is 17.7 Å². The lowest BCUT2D eigenvalue weighted by Crippen LogP contribution is -2.45. The number of likely N-dealkylation sites (N-methyl/N-ethyl adjacent to an activating group) is 1. The lowest BCUT2D eigenvalue weighted by Gasteiger charge is -2.38. The molecule has 6 heterocycles. The van der Waals surface area contributed by atoms with Crippen molar-refractivity contribution in [2.75, 3.05) is 43.4 Å². The average Bonchev–Trinajstić information content (AvgIpc) is 3.22. The Hall–Kier alpha value is -2.88. The number of hydrogen-bond acceptors (Lipinski definition) is 9. The number of anilines is 2. The van der Waals surface area contributed by atoms with Gasteiger partial charge in [-0.3, -0.25) is 4.98 Å². The smallest absolute Gasteiger partial charge is 0.147 e. The standard InChI is InChI=1S/C25H29N7OS/c1-25(2)12-17-18(14-33-25)23(32-10-8-31(3)9-11-32)30-24-19(17)20-21(34-24)22(29-15-28-20)27-13-16-4-6-26-7-5-16/h4-7,15H,8-14H2,1-3H3,(H,27,28,29). The molecule has 0 aliphatic carbocycles. The number of rotatable bonds is 4. The fourth-order valence-corrected chi connectivity index (χ4v) is 6.00. The van der Waals surface area contributed by atoms with Crippen molar-refractivity contribution in [2.45, 2.75) is 39.0 Å². The van der Waals surface area contributed by atoms with Crippen molar-refractivity contribution in [3.8, 4) is 0 Å². The van der Waals surface area contributed by atoms with Crippen molar-refractivity contribution in [3.05, 3.63) is 47.5 Å². The summed E-state index contributed by atoms with van der Waals surface area (Å²) in [5.74, 6) is 1.93. The summed E-state index contributed by atoms with van der Waals surface area (Å²) >= 11 is 1.69. The molecule has 2 aliphatic heterocycles. The van der Waals surface area contributed by atoms with Crippen LogP contribution in [0.15, 0.2) is 30.9 Å². The van der Waals surface area contributed by atoms with Crippen molar-refractivity contribution in [1.29, 1.82) is 0 Å². The highest BCUT2D eigenvalue weighted by Crippen LogP contribution is 2.44. The molecule has 0 unspecified atom stereocenters. The van der Waals surface area contributed by atoms with Crippen molar-refractivity contribution in [1.82, 2.24) is 24.8 Å². The number of nitrogens with zero attached hydrogens (tertiary/aromatic N) is 6. The number of hydrogen-bond donors (Lipinski definition) is 1. The second-order valence-corrected chi connectivity index (χ2v) is 10.8. The summed E-state index contributed by atoms with van der Waals surface area (Å²) in [6.45, 7) is 9.66. The van der Waals surface area contributed by atoms with E-state index in [-0.39, 0.29) is 5.60 Å². The Balaban J connectivity index is 1.48. The Labute approximate surface area is 203 Å². The van der Waals surface area contributed by atoms with Crippen LogP contribution in [0.2, 0.25) is 0 Å². The van der Waals surface area contributed by atoms with Crippen molar-refractivity contribution in [2.24, 2.45) is 0 Å². The highest BCUT2D eigenvalue weighted by atomic mass is 32.1. The molecule has 0 aromatic carbocycles. The zero-order valence-electron chi connectivity index (χ0n) is 19.8. The van der Waals surface area contributed by atoms with Crippen LogP contribution in [-0.4, -0.2) is 63.7 Å². The van der Waals surface area contributed by atoms with E-state index in [4.69, 9.17) is 14.7 Å². The third kappa shape index (κ3) is 3.87. The summed E-state index contributed by atoms with van der Waals surface area (Å²) in [6.07, 6.45) is 6.13. The minimum absolute atomic E-state index is 0.218. The molecule has 176 valence electrons. The van der Waals surface area contributed by atoms with Gasteiger partial charge in [-0.15, -0.1) is 11.3 Å². The van der Waals surface area contributed by atoms with Crippen LogP contribution in [0, 0.1) is 0 Å². The fourth-order valence-electron chi connectivity index (χ4n) is 4.88. The maximum atomic E-state index is 6.27. The molecule has 8 nitrogen and oxygen atoms in total. The number of ether oxygens (including phenoxy) is 1. The number of fused-ring (bicyclic) bond motifs is 5. The number of thiophene rings is 1. The zero-order valence-corrected chi connectivity index (χ0v) is 20.7. The van der Waals surface area contributed by atoms with Gasteiger partial charge in [0.25, 0.3) is 0 Å². The first-order valence-electron chi connectivity index (χ1n) is 11.8. The van der Waals surface area contributed by atoms with Gasteiger partial charge in [-0.05, 0) is 44.2 Å². The highest BCUT2D eigenvalue weighted by molar-refractivity contribution is 7.26. The van der Waals surface area contributed by atoms with Gasteiger partial charge >= 0.3 is 0 Å². The zero-order chi connectivity index (χ0) is 23.3. The molecule has 1 saturated heterocycles. The van der Waals surface area contributed by atoms with E-state index < -0.39 is 0 Å². The Morgan fingerprint density at radius 3 is 2.68 bits per heavy atom. The normalized spacial score (nSPS) is 18.4. The Bertz CT molecular complexity index is 1350. The monoisotopic (exact) mass is 475 g/mol. The largest absolute Gasteiger partial charge is 0.370 e. The minimum atomic E-state index is -0.218. The topological polar surface area (TPSA) is 79.3 Å². The van der Waals surface area contributed by atoms with Crippen LogP contribution < -0.4 is 10.2 Å². The van der Waals surface area contributed by atoms with E-state index >= 15 is 0 Å². The van der Waals surface area contributed by atoms with Crippen molar-refractivity contribution < 1.29 is 4.74 Å². The van der Waals surface area contributed by atoms with Crippen molar-refractivity contribution >= 4 is 43.4 Å². The molecule has 4 aromatic heterocycles. The molecule has 0 saturated carbocycles. The molecule has 4 aromatic rings. The molecule has 6 rings (SSSR count). The van der Waals surface area contributed by atoms with E-state index in [9.17, 15) is 0 Å². The summed E-state index contributed by atoms with van der Waals surface area (Å²) < 4.78 is 7.33. The highest BCUT2D eigenvalue weighted by Gasteiger charge is 2.33. The Morgan fingerprint density at radius 2 is 1.88 bits per heavy atom. The van der Waals surface area contributed by atoms with Gasteiger partial charge in [0.05, 0.1) is 22.4 Å². The lowest BCUT2D eigenvalue weighted by molar-refractivity contribution is -0.0395. The van der Waals surface area contributed by atoms with Crippen LogP contribution in [-0.2, 0) is 24.3 Å². The van der Waals surface area contributed by atoms with Gasteiger partial charge < -0.3 is 19.9 Å². The second-order valence-electron chi connectivity index (χ2n) is 9.80. The van der Waals surface area contributed by atoms with E-state index in [0.717, 1.165) is 64.8 Å². The molecular weight excluding hydrogens is 446 g/mol. The van der Waals surface area contributed by atoms with Gasteiger partial charge in [0, 0.05) is 62.5 Å². The number of nitrogens with one attached hydrogen (secondary N) is 1. The molecule has 0 amide bonds. The molecule has 2 aliphatic rings. The molecule has 34 heavy (non-hydrogen) atoms. The fraction of sp³-hybridized carbons (Fsp3) is 0.440. The third-order valence-corrected chi connectivity index (χ3v) is 7.90. The second kappa shape index (κ2) is 8.41. The molecule has 1 fully saturated rings. The predicted molar refractivity (Wildman–Crippen MR) is 137 cm³/mol. The molecule has 0 atom stereocenters. The van der Waals surface area contributed by atoms with Gasteiger partial charge in [-0.2, -0.15) is 0 Å². The molecule has 0 spiro atoms. The summed E-state index contributed by atoms with van der Waals surface area (Å²) in [7, 11) is 2.18. The number of aromatic nitrogens is 4. The van der Waals surface area contributed by atoms with Crippen LogP contribution in [0.3, 0.4) is 0 Å². The van der Waals surface area contributed by atoms with Crippen LogP contribution in [0.5, 0.6) is 0 Å². The van der Waals surface area contributed by atoms with Crippen LogP contribution >= 0.6 is 11.3 Å². The van der Waals surface area contributed by atoms with E-state index in [2.05, 4.69) is 46.0 Å². The third-order valence-electron chi connectivity index (χ3n) is 6.82. The molecule has 0 radical (unpaired) electrons. The Kier molecular flexibility index (Phi) is 5.35. The van der Waals surface area contributed by atoms with Gasteiger partial charge in [0.1, 0.15) is 22.8 Å². The summed E-state index contributed by atoms with van der Waals surface area (Å²) in [5, 5.41) is 4.67. The van der Waals surface area contributed by atoms with Gasteiger partial charge in [-0.25, -0.2) is 15.0 Å². The summed E-state index contributed by atoms with van der Waals surface area (Å²) in [5.41, 5.74) is 4.49. The lowest BCUT2D eigenvalue weighted by atomic mass is 9.90. The van der Waals surface area contributed by atoms with Gasteiger partial charge in [-0.1, -0.05) is 0 Å². The summed E-state index contributed by atoms with van der Waals surface area (Å²) in [4.78, 5) is 24.5. The van der Waals surface area contributed by atoms with Crippen LogP contribution in [0.25, 0.3) is 20.4 Å². The maximum Gasteiger partial charge on any atom is 0.147 e. The van der Waals surface area contributed by atoms with E-state index in [1.165, 1.54) is 16.5 Å². The first-order chi connectivity index (χ1) is 16.5. The Morgan fingerprint density at radius 1 is 1.09 bits per heavy atom. The molecular formula is C25H29N7OS. The quantitative estimate of drug-likeness (QED) is 0.477. The minimum Gasteiger partial charge on any atom is -0.370 e. The number of pyridine rings is 2. The van der Waals surface area contributed by atoms with Crippen molar-refractivity contribution in [3.63, 3.8) is 0 Å². The number of piperazine rings is 1. The maximum absolute atomic E-state index is 6.27. The first-order valence-corrected chi connectivity index (χ1v) is 12.6. The van der Waals surface area contributed by atoms with Crippen LogP contribution in [0.1, 0.15) is 30.5 Å². The molecule has 0 bridgehead atoms. The van der Waals surface area contributed by atoms with Gasteiger partial charge in [0.2, 0.25) is 0 Å². The average molecular weight is 476 g/mol. The SMILES string of the molecule is CN1CCN(c2nc3sc4c(NCc5ccncc5)ncnc4c3c3c2COC(C)(C)C3)CC1. The van der Waals surface area contributed by atoms with E-state index in [1.807, 2.05) is 24.5 Å². The molecule has 1 N–H and O–H groups in total. The van der Waals surface area contributed by atoms with Crippen LogP contribution in [0.4, 0.5) is 11.6 Å². The first kappa shape index (κ1) is 21.6. The van der Waals surface area contributed by atoms with Gasteiger partial charge in [0.15, 0.2) is 0 Å². The molecule has 9 heteroatoms. The van der Waals surface area contributed by atoms with E-state index in [0.29, 0.717) is 13.2 Å². The summed E-state index contributed by atoms with van der Waals surface area (Å²) in [6, 6.07) is 4.03. The predicted octanol–water partition coefficient (Wildman–Crippen LogP) is 3.85.